The number of nitrogen functional groups attached to an aromatic ring is 1. The highest BCUT2D eigenvalue weighted by molar-refractivity contribution is 5.94. The second-order valence-corrected chi connectivity index (χ2v) is 5.98. The molecule has 1 fully saturated rings. The fraction of sp³-hybridized carbons (Fsp3) is 0.625. The van der Waals surface area contributed by atoms with Gasteiger partial charge < -0.3 is 11.1 Å². The quantitative estimate of drug-likeness (QED) is 0.803. The Kier molecular flexibility index (Phi) is 5.17. The van der Waals surface area contributed by atoms with Crippen LogP contribution in [-0.4, -0.2) is 41.5 Å². The van der Waals surface area contributed by atoms with E-state index in [1.54, 1.807) is 6.07 Å². The molecule has 21 heavy (non-hydrogen) atoms. The van der Waals surface area contributed by atoms with Crippen molar-refractivity contribution in [2.75, 3.05) is 19.3 Å². The molecule has 0 spiro atoms. The fourth-order valence-electron chi connectivity index (χ4n) is 2.45. The van der Waals surface area contributed by atoms with E-state index in [1.165, 1.54) is 12.8 Å². The number of aromatic nitrogens is 1. The van der Waals surface area contributed by atoms with Crippen molar-refractivity contribution in [2.45, 2.75) is 51.6 Å². The van der Waals surface area contributed by atoms with Gasteiger partial charge in [-0.1, -0.05) is 13.3 Å². The molecule has 1 amide bonds. The summed E-state index contributed by atoms with van der Waals surface area (Å²) in [6.07, 6.45) is 4.37. The number of pyridine rings is 1. The summed E-state index contributed by atoms with van der Waals surface area (Å²) in [5, 5.41) is 2.99. The first kappa shape index (κ1) is 15.8. The molecular weight excluding hydrogens is 264 g/mol. The van der Waals surface area contributed by atoms with Crippen LogP contribution in [0.25, 0.3) is 0 Å². The molecule has 5 heteroatoms. The maximum Gasteiger partial charge on any atom is 0.251 e. The van der Waals surface area contributed by atoms with Gasteiger partial charge in [0.15, 0.2) is 0 Å². The van der Waals surface area contributed by atoms with Crippen LogP contribution in [0.3, 0.4) is 0 Å². The lowest BCUT2D eigenvalue weighted by molar-refractivity contribution is 0.0939. The van der Waals surface area contributed by atoms with Crippen LogP contribution in [0.1, 0.15) is 49.2 Å². The van der Waals surface area contributed by atoms with Crippen molar-refractivity contribution in [3.05, 3.63) is 23.4 Å². The van der Waals surface area contributed by atoms with Crippen molar-refractivity contribution in [3.8, 4) is 0 Å². The second-order valence-electron chi connectivity index (χ2n) is 5.98. The molecule has 3 N–H and O–H groups in total. The topological polar surface area (TPSA) is 71.2 Å². The lowest BCUT2D eigenvalue weighted by Gasteiger charge is -2.24. The van der Waals surface area contributed by atoms with Gasteiger partial charge >= 0.3 is 0 Å². The van der Waals surface area contributed by atoms with Crippen molar-refractivity contribution >= 4 is 11.7 Å². The van der Waals surface area contributed by atoms with Gasteiger partial charge in [0.1, 0.15) is 5.82 Å². The summed E-state index contributed by atoms with van der Waals surface area (Å²) in [6, 6.07) is 4.52. The highest BCUT2D eigenvalue weighted by Crippen LogP contribution is 2.26. The third-order valence-electron chi connectivity index (χ3n) is 4.04. The Bertz CT molecular complexity index is 499. The Morgan fingerprint density at radius 3 is 2.86 bits per heavy atom. The van der Waals surface area contributed by atoms with Crippen molar-refractivity contribution in [1.29, 1.82) is 0 Å². The summed E-state index contributed by atoms with van der Waals surface area (Å²) < 4.78 is 0. The smallest absolute Gasteiger partial charge is 0.251 e. The molecule has 1 aromatic rings. The zero-order valence-corrected chi connectivity index (χ0v) is 13.2. The molecule has 1 aliphatic carbocycles. The van der Waals surface area contributed by atoms with Crippen LogP contribution >= 0.6 is 0 Å². The molecule has 1 aliphatic rings. The van der Waals surface area contributed by atoms with Crippen molar-refractivity contribution < 1.29 is 4.79 Å². The predicted octanol–water partition coefficient (Wildman–Crippen LogP) is 1.83. The Morgan fingerprint density at radius 1 is 1.52 bits per heavy atom. The maximum absolute atomic E-state index is 12.3. The first-order chi connectivity index (χ1) is 10.0. The van der Waals surface area contributed by atoms with Gasteiger partial charge in [-0.2, -0.15) is 0 Å². The summed E-state index contributed by atoms with van der Waals surface area (Å²) in [5.41, 5.74) is 7.26. The second kappa shape index (κ2) is 6.89. The Morgan fingerprint density at radius 2 is 2.24 bits per heavy atom. The van der Waals surface area contributed by atoms with E-state index < -0.39 is 0 Å². The lowest BCUT2D eigenvalue weighted by atomic mass is 10.1. The molecule has 1 saturated carbocycles. The molecular formula is C16H26N4O. The van der Waals surface area contributed by atoms with E-state index in [1.807, 2.05) is 6.07 Å². The van der Waals surface area contributed by atoms with E-state index in [9.17, 15) is 4.79 Å². The number of rotatable bonds is 7. The number of amides is 1. The van der Waals surface area contributed by atoms with Gasteiger partial charge in [0, 0.05) is 29.9 Å². The zero-order valence-electron chi connectivity index (χ0n) is 13.2. The number of carbonyl (C=O) groups is 1. The molecule has 1 heterocycles. The Hall–Kier alpha value is -1.62. The van der Waals surface area contributed by atoms with Crippen molar-refractivity contribution in [2.24, 2.45) is 0 Å². The van der Waals surface area contributed by atoms with Crippen molar-refractivity contribution in [3.63, 3.8) is 0 Å². The van der Waals surface area contributed by atoms with Gasteiger partial charge in [0.2, 0.25) is 0 Å². The van der Waals surface area contributed by atoms with Crippen LogP contribution in [0.5, 0.6) is 0 Å². The SMILES string of the molecule is CCCc1cc(C(=O)NCC(C)N(C)C2CC2)cc(N)n1. The third kappa shape index (κ3) is 4.43. The van der Waals surface area contributed by atoms with Gasteiger partial charge in [-0.3, -0.25) is 9.69 Å². The molecule has 0 saturated heterocycles. The van der Waals surface area contributed by atoms with Gasteiger partial charge in [-0.15, -0.1) is 0 Å². The molecule has 1 unspecified atom stereocenters. The Labute approximate surface area is 126 Å². The number of nitrogens with two attached hydrogens (primary N) is 1. The number of carbonyl (C=O) groups excluding carboxylic acids is 1. The normalized spacial score (nSPS) is 16.0. The van der Waals surface area contributed by atoms with Crippen LogP contribution < -0.4 is 11.1 Å². The number of hydrogen-bond donors (Lipinski definition) is 2. The molecule has 0 bridgehead atoms. The number of nitrogens with one attached hydrogen (secondary N) is 1. The van der Waals surface area contributed by atoms with Gasteiger partial charge in [-0.05, 0) is 45.4 Å². The third-order valence-corrected chi connectivity index (χ3v) is 4.04. The molecule has 5 nitrogen and oxygen atoms in total. The number of likely N-dealkylation sites (N-methyl/N-ethyl adjacent to an activating group) is 1. The molecule has 1 atom stereocenters. The van der Waals surface area contributed by atoms with E-state index in [0.717, 1.165) is 18.5 Å². The van der Waals surface area contributed by atoms with E-state index >= 15 is 0 Å². The largest absolute Gasteiger partial charge is 0.384 e. The zero-order chi connectivity index (χ0) is 15.4. The molecule has 0 aromatic carbocycles. The van der Waals surface area contributed by atoms with E-state index in [-0.39, 0.29) is 5.91 Å². The van der Waals surface area contributed by atoms with Gasteiger partial charge in [0.05, 0.1) is 0 Å². The molecule has 0 radical (unpaired) electrons. The molecule has 2 rings (SSSR count). The standard InChI is InChI=1S/C16H26N4O/c1-4-5-13-8-12(9-15(17)19-13)16(21)18-10-11(2)20(3)14-6-7-14/h8-9,11,14H,4-7,10H2,1-3H3,(H2,17,19)(H,18,21). The number of anilines is 1. The Balaban J connectivity index is 1.93. The van der Waals surface area contributed by atoms with Gasteiger partial charge in [0.25, 0.3) is 5.91 Å². The summed E-state index contributed by atoms with van der Waals surface area (Å²) in [5.74, 6) is 0.340. The summed E-state index contributed by atoms with van der Waals surface area (Å²) >= 11 is 0. The first-order valence-electron chi connectivity index (χ1n) is 7.77. The monoisotopic (exact) mass is 290 g/mol. The van der Waals surface area contributed by atoms with Gasteiger partial charge in [-0.25, -0.2) is 4.98 Å². The van der Waals surface area contributed by atoms with Crippen LogP contribution in [0.2, 0.25) is 0 Å². The minimum absolute atomic E-state index is 0.0718. The maximum atomic E-state index is 12.3. The minimum atomic E-state index is -0.0718. The highest BCUT2D eigenvalue weighted by Gasteiger charge is 2.29. The van der Waals surface area contributed by atoms with Crippen LogP contribution in [0.4, 0.5) is 5.82 Å². The number of hydrogen-bond acceptors (Lipinski definition) is 4. The number of aryl methyl sites for hydroxylation is 1. The molecule has 116 valence electrons. The van der Waals surface area contributed by atoms with E-state index in [2.05, 4.69) is 36.1 Å². The highest BCUT2D eigenvalue weighted by atomic mass is 16.1. The van der Waals surface area contributed by atoms with Crippen molar-refractivity contribution in [1.82, 2.24) is 15.2 Å². The van der Waals surface area contributed by atoms with Crippen LogP contribution in [-0.2, 0) is 6.42 Å². The summed E-state index contributed by atoms with van der Waals surface area (Å²) in [6.45, 7) is 4.87. The average Bonchev–Trinajstić information content (AvgIpc) is 3.27. The van der Waals surface area contributed by atoms with E-state index in [4.69, 9.17) is 5.73 Å². The predicted molar refractivity (Wildman–Crippen MR) is 85.2 cm³/mol. The van der Waals surface area contributed by atoms with Crippen LogP contribution in [0.15, 0.2) is 12.1 Å². The van der Waals surface area contributed by atoms with Crippen LogP contribution in [0, 0.1) is 0 Å². The summed E-state index contributed by atoms with van der Waals surface area (Å²) in [7, 11) is 2.12. The minimum Gasteiger partial charge on any atom is -0.384 e. The van der Waals surface area contributed by atoms with E-state index in [0.29, 0.717) is 30.0 Å². The summed E-state index contributed by atoms with van der Waals surface area (Å²) in [4.78, 5) is 18.8. The molecule has 1 aromatic heterocycles. The molecule has 0 aliphatic heterocycles. The fourth-order valence-corrected chi connectivity index (χ4v) is 2.45. The number of nitrogens with zero attached hydrogens (tertiary/aromatic N) is 2. The first-order valence-corrected chi connectivity index (χ1v) is 7.77. The lowest BCUT2D eigenvalue weighted by Crippen LogP contribution is -2.41. The average molecular weight is 290 g/mol.